The zero-order valence-corrected chi connectivity index (χ0v) is 13.3. The Morgan fingerprint density at radius 1 is 1.38 bits per heavy atom. The Bertz CT molecular complexity index is 618. The normalized spacial score (nSPS) is 23.9. The highest BCUT2D eigenvalue weighted by molar-refractivity contribution is 5.57. The molecule has 114 valence electrons. The second kappa shape index (κ2) is 5.68. The maximum Gasteiger partial charge on any atom is 0.151 e. The predicted molar refractivity (Wildman–Crippen MR) is 87.8 cm³/mol. The zero-order valence-electron chi connectivity index (χ0n) is 13.3. The van der Waals surface area contributed by atoms with Crippen molar-refractivity contribution in [1.82, 2.24) is 9.38 Å². The maximum absolute atomic E-state index is 6.23. The summed E-state index contributed by atoms with van der Waals surface area (Å²) in [5.74, 6) is 1.87. The lowest BCUT2D eigenvalue weighted by Crippen LogP contribution is -2.30. The van der Waals surface area contributed by atoms with Crippen LogP contribution >= 0.6 is 0 Å². The van der Waals surface area contributed by atoms with E-state index in [1.807, 2.05) is 6.07 Å². The van der Waals surface area contributed by atoms with Gasteiger partial charge in [0.1, 0.15) is 5.65 Å². The molecule has 0 aromatic carbocycles. The van der Waals surface area contributed by atoms with E-state index in [9.17, 15) is 0 Å². The van der Waals surface area contributed by atoms with Crippen molar-refractivity contribution in [2.75, 3.05) is 11.4 Å². The molecule has 0 saturated carbocycles. The largest absolute Gasteiger partial charge is 0.352 e. The fourth-order valence-corrected chi connectivity index (χ4v) is 3.44. The second-order valence-corrected chi connectivity index (χ2v) is 6.53. The number of anilines is 1. The Morgan fingerprint density at radius 3 is 2.86 bits per heavy atom. The van der Waals surface area contributed by atoms with Crippen LogP contribution in [0.4, 0.5) is 5.82 Å². The first kappa shape index (κ1) is 14.4. The van der Waals surface area contributed by atoms with E-state index in [0.29, 0.717) is 6.04 Å². The summed E-state index contributed by atoms with van der Waals surface area (Å²) in [6, 6.07) is 6.94. The van der Waals surface area contributed by atoms with Gasteiger partial charge in [-0.05, 0) is 37.8 Å². The molecule has 4 heteroatoms. The molecule has 3 heterocycles. The second-order valence-electron chi connectivity index (χ2n) is 6.53. The summed E-state index contributed by atoms with van der Waals surface area (Å²) < 4.78 is 2.21. The zero-order chi connectivity index (χ0) is 15.0. The predicted octanol–water partition coefficient (Wildman–Crippen LogP) is 2.85. The van der Waals surface area contributed by atoms with Crippen LogP contribution in [-0.2, 0) is 6.42 Å². The number of rotatable bonds is 4. The molecule has 1 aliphatic heterocycles. The Balaban J connectivity index is 2.06. The van der Waals surface area contributed by atoms with Crippen molar-refractivity contribution in [2.24, 2.45) is 11.7 Å². The third-order valence-electron chi connectivity index (χ3n) is 4.64. The van der Waals surface area contributed by atoms with Gasteiger partial charge in [-0.25, -0.2) is 4.98 Å². The standard InChI is InChI=1S/C17H26N4/c1-4-14(18)10-15-17(21-11-12(2)9-13(21)3)19-16-7-5-6-8-20(15)16/h5-8,12-14H,4,9-11,18H2,1-3H3. The molecule has 3 unspecified atom stereocenters. The smallest absolute Gasteiger partial charge is 0.151 e. The third-order valence-corrected chi connectivity index (χ3v) is 4.64. The summed E-state index contributed by atoms with van der Waals surface area (Å²) in [7, 11) is 0. The third kappa shape index (κ3) is 2.64. The van der Waals surface area contributed by atoms with Gasteiger partial charge in [0, 0.05) is 31.2 Å². The molecule has 3 rings (SSSR count). The van der Waals surface area contributed by atoms with Crippen molar-refractivity contribution < 1.29 is 0 Å². The minimum atomic E-state index is 0.194. The van der Waals surface area contributed by atoms with Gasteiger partial charge >= 0.3 is 0 Å². The van der Waals surface area contributed by atoms with Gasteiger partial charge in [0.05, 0.1) is 5.69 Å². The minimum absolute atomic E-state index is 0.194. The highest BCUT2D eigenvalue weighted by Gasteiger charge is 2.30. The molecule has 21 heavy (non-hydrogen) atoms. The Kier molecular flexibility index (Phi) is 3.89. The molecule has 3 atom stereocenters. The number of nitrogens with two attached hydrogens (primary N) is 1. The lowest BCUT2D eigenvalue weighted by molar-refractivity contribution is 0.623. The molecule has 0 amide bonds. The van der Waals surface area contributed by atoms with Gasteiger partial charge in [0.15, 0.2) is 5.82 Å². The van der Waals surface area contributed by atoms with Crippen LogP contribution in [0, 0.1) is 5.92 Å². The van der Waals surface area contributed by atoms with Crippen molar-refractivity contribution in [3.05, 3.63) is 30.1 Å². The minimum Gasteiger partial charge on any atom is -0.352 e. The van der Waals surface area contributed by atoms with Gasteiger partial charge in [-0.3, -0.25) is 0 Å². The van der Waals surface area contributed by atoms with Crippen molar-refractivity contribution in [2.45, 2.75) is 52.1 Å². The highest BCUT2D eigenvalue weighted by atomic mass is 15.3. The first-order chi connectivity index (χ1) is 10.1. The quantitative estimate of drug-likeness (QED) is 0.940. The molecule has 2 aromatic heterocycles. The molecule has 2 N–H and O–H groups in total. The summed E-state index contributed by atoms with van der Waals surface area (Å²) in [5.41, 5.74) is 8.52. The topological polar surface area (TPSA) is 46.6 Å². The van der Waals surface area contributed by atoms with Crippen molar-refractivity contribution in [1.29, 1.82) is 0 Å². The van der Waals surface area contributed by atoms with Crippen molar-refractivity contribution in [3.63, 3.8) is 0 Å². The van der Waals surface area contributed by atoms with Crippen LogP contribution in [0.1, 0.15) is 39.3 Å². The van der Waals surface area contributed by atoms with Gasteiger partial charge < -0.3 is 15.0 Å². The van der Waals surface area contributed by atoms with Crippen molar-refractivity contribution >= 4 is 11.5 Å². The summed E-state index contributed by atoms with van der Waals surface area (Å²) in [4.78, 5) is 7.37. The fraction of sp³-hybridized carbons (Fsp3) is 0.588. The number of fused-ring (bicyclic) bond motifs is 1. The van der Waals surface area contributed by atoms with Crippen LogP contribution in [0.2, 0.25) is 0 Å². The maximum atomic E-state index is 6.23. The summed E-state index contributed by atoms with van der Waals surface area (Å²) >= 11 is 0. The highest BCUT2D eigenvalue weighted by Crippen LogP contribution is 2.31. The molecule has 0 aliphatic carbocycles. The SMILES string of the molecule is CCC(N)Cc1c(N2CC(C)CC2C)nc2ccccn12. The van der Waals surface area contributed by atoms with E-state index in [4.69, 9.17) is 10.7 Å². The lowest BCUT2D eigenvalue weighted by atomic mass is 10.1. The first-order valence-electron chi connectivity index (χ1n) is 8.08. The van der Waals surface area contributed by atoms with E-state index in [1.54, 1.807) is 0 Å². The average Bonchev–Trinajstić information content (AvgIpc) is 2.99. The first-order valence-corrected chi connectivity index (χ1v) is 8.08. The monoisotopic (exact) mass is 286 g/mol. The van der Waals surface area contributed by atoms with Gasteiger partial charge in [0.2, 0.25) is 0 Å². The summed E-state index contributed by atoms with van der Waals surface area (Å²) in [6.07, 6.45) is 5.22. The fourth-order valence-electron chi connectivity index (χ4n) is 3.44. The number of hydrogen-bond acceptors (Lipinski definition) is 3. The molecule has 0 bridgehead atoms. The van der Waals surface area contributed by atoms with E-state index in [1.165, 1.54) is 12.1 Å². The average molecular weight is 286 g/mol. The number of imidazole rings is 1. The number of hydrogen-bond donors (Lipinski definition) is 1. The van der Waals surface area contributed by atoms with E-state index < -0.39 is 0 Å². The van der Waals surface area contributed by atoms with Crippen molar-refractivity contribution in [3.8, 4) is 0 Å². The van der Waals surface area contributed by atoms with Crippen LogP contribution in [-0.4, -0.2) is 28.0 Å². The van der Waals surface area contributed by atoms with Crippen LogP contribution in [0.25, 0.3) is 5.65 Å². The Hall–Kier alpha value is -1.55. The molecule has 1 fully saturated rings. The number of nitrogens with zero attached hydrogens (tertiary/aromatic N) is 3. The van der Waals surface area contributed by atoms with Gasteiger partial charge in [-0.15, -0.1) is 0 Å². The molecule has 0 radical (unpaired) electrons. The summed E-state index contributed by atoms with van der Waals surface area (Å²) in [5, 5.41) is 0. The van der Waals surface area contributed by atoms with Gasteiger partial charge in [-0.2, -0.15) is 0 Å². The van der Waals surface area contributed by atoms with Crippen LogP contribution in [0.3, 0.4) is 0 Å². The van der Waals surface area contributed by atoms with Crippen LogP contribution in [0.5, 0.6) is 0 Å². The molecular weight excluding hydrogens is 260 g/mol. The summed E-state index contributed by atoms with van der Waals surface area (Å²) in [6.45, 7) is 7.87. The Morgan fingerprint density at radius 2 is 2.19 bits per heavy atom. The van der Waals surface area contributed by atoms with Crippen LogP contribution in [0.15, 0.2) is 24.4 Å². The molecule has 2 aromatic rings. The van der Waals surface area contributed by atoms with Crippen LogP contribution < -0.4 is 10.6 Å². The molecule has 4 nitrogen and oxygen atoms in total. The number of aromatic nitrogens is 2. The van der Waals surface area contributed by atoms with E-state index >= 15 is 0 Å². The molecule has 1 aliphatic rings. The van der Waals surface area contributed by atoms with E-state index in [-0.39, 0.29) is 6.04 Å². The molecular formula is C17H26N4. The number of pyridine rings is 1. The lowest BCUT2D eigenvalue weighted by Gasteiger charge is -2.23. The van der Waals surface area contributed by atoms with Gasteiger partial charge in [-0.1, -0.05) is 19.9 Å². The Labute approximate surface area is 127 Å². The van der Waals surface area contributed by atoms with E-state index in [2.05, 4.69) is 48.4 Å². The van der Waals surface area contributed by atoms with E-state index in [0.717, 1.165) is 36.8 Å². The van der Waals surface area contributed by atoms with Gasteiger partial charge in [0.25, 0.3) is 0 Å². The molecule has 0 spiro atoms. The molecule has 1 saturated heterocycles.